The van der Waals surface area contributed by atoms with Crippen LogP contribution in [0, 0.1) is 0 Å². The van der Waals surface area contributed by atoms with Gasteiger partial charge in [0.05, 0.1) is 11.4 Å². The van der Waals surface area contributed by atoms with Gasteiger partial charge in [-0.25, -0.2) is 9.97 Å². The van der Waals surface area contributed by atoms with Crippen molar-refractivity contribution in [3.05, 3.63) is 188 Å². The summed E-state index contributed by atoms with van der Waals surface area (Å²) < 4.78 is 13.2. The van der Waals surface area contributed by atoms with E-state index >= 15 is 0 Å². The largest absolute Gasteiger partial charge is 0.455 e. The third-order valence-corrected chi connectivity index (χ3v) is 10.6. The average Bonchev–Trinajstić information content (AvgIpc) is 3.86. The van der Waals surface area contributed by atoms with Gasteiger partial charge in [-0.2, -0.15) is 0 Å². The molecule has 0 unspecified atom stereocenters. The predicted molar refractivity (Wildman–Crippen MR) is 227 cm³/mol. The molecule has 0 aliphatic heterocycles. The average molecular weight is 718 g/mol. The molecule has 56 heavy (non-hydrogen) atoms. The standard InChI is InChI=1S/C51H31N3O2/c1-2-11-34(12-3-1)51-53-44(30-45(54-51)36-14-8-13-35(29-36)37-15-10-28-52-31-37)33-24-22-32(23-25-33)38-26-27-40(48-43-17-5-7-21-47(43)56-50(38)48)42-19-9-18-41-39-16-4-6-20-46(39)55-49(41)42/h1-31H. The Morgan fingerprint density at radius 2 is 0.982 bits per heavy atom. The smallest absolute Gasteiger partial charge is 0.160 e. The lowest BCUT2D eigenvalue weighted by Gasteiger charge is -2.12. The molecule has 0 bridgehead atoms. The van der Waals surface area contributed by atoms with Crippen molar-refractivity contribution < 1.29 is 8.83 Å². The van der Waals surface area contributed by atoms with Gasteiger partial charge < -0.3 is 8.83 Å². The van der Waals surface area contributed by atoms with E-state index in [4.69, 9.17) is 18.8 Å². The number of nitrogens with zero attached hydrogens (tertiary/aromatic N) is 3. The minimum Gasteiger partial charge on any atom is -0.455 e. The van der Waals surface area contributed by atoms with Gasteiger partial charge in [0.1, 0.15) is 22.3 Å². The Hall–Kier alpha value is -7.63. The maximum absolute atomic E-state index is 6.70. The summed E-state index contributed by atoms with van der Waals surface area (Å²) in [6.07, 6.45) is 3.68. The van der Waals surface area contributed by atoms with E-state index in [0.29, 0.717) is 5.82 Å². The second-order valence-corrected chi connectivity index (χ2v) is 14.0. The minimum absolute atomic E-state index is 0.674. The van der Waals surface area contributed by atoms with E-state index in [0.717, 1.165) is 105 Å². The van der Waals surface area contributed by atoms with Crippen LogP contribution in [0.15, 0.2) is 197 Å². The van der Waals surface area contributed by atoms with Crippen LogP contribution in [-0.2, 0) is 0 Å². The fraction of sp³-hybridized carbons (Fsp3) is 0. The van der Waals surface area contributed by atoms with Gasteiger partial charge in [-0.05, 0) is 53.1 Å². The summed E-state index contributed by atoms with van der Waals surface area (Å²) in [7, 11) is 0. The van der Waals surface area contributed by atoms with Crippen molar-refractivity contribution in [2.24, 2.45) is 0 Å². The number of rotatable bonds is 6. The molecule has 4 aromatic heterocycles. The van der Waals surface area contributed by atoms with E-state index in [1.807, 2.05) is 54.7 Å². The Balaban J connectivity index is 1.03. The molecule has 0 N–H and O–H groups in total. The monoisotopic (exact) mass is 717 g/mol. The molecular weight excluding hydrogens is 687 g/mol. The normalized spacial score (nSPS) is 11.6. The quantitative estimate of drug-likeness (QED) is 0.171. The second kappa shape index (κ2) is 13.0. The molecule has 11 aromatic rings. The van der Waals surface area contributed by atoms with Crippen LogP contribution < -0.4 is 0 Å². The predicted octanol–water partition coefficient (Wildman–Crippen LogP) is 13.7. The van der Waals surface area contributed by atoms with Crippen molar-refractivity contribution in [2.45, 2.75) is 0 Å². The molecule has 0 aliphatic carbocycles. The highest BCUT2D eigenvalue weighted by atomic mass is 16.3. The van der Waals surface area contributed by atoms with Crippen LogP contribution in [0.5, 0.6) is 0 Å². The van der Waals surface area contributed by atoms with Crippen LogP contribution in [-0.4, -0.2) is 15.0 Å². The first kappa shape index (κ1) is 31.9. The summed E-state index contributed by atoms with van der Waals surface area (Å²) in [6, 6.07) is 60.5. The molecule has 5 nitrogen and oxygen atoms in total. The Bertz CT molecular complexity index is 3240. The minimum atomic E-state index is 0.674. The van der Waals surface area contributed by atoms with Crippen LogP contribution in [0.4, 0.5) is 0 Å². The Kier molecular flexibility index (Phi) is 7.42. The highest BCUT2D eigenvalue weighted by molar-refractivity contribution is 6.19. The number of furan rings is 2. The van der Waals surface area contributed by atoms with Gasteiger partial charge in [-0.15, -0.1) is 0 Å². The fourth-order valence-electron chi connectivity index (χ4n) is 7.91. The van der Waals surface area contributed by atoms with E-state index < -0.39 is 0 Å². The first-order valence-electron chi connectivity index (χ1n) is 18.7. The van der Waals surface area contributed by atoms with Crippen molar-refractivity contribution >= 4 is 43.9 Å². The van der Waals surface area contributed by atoms with Crippen LogP contribution in [0.3, 0.4) is 0 Å². The van der Waals surface area contributed by atoms with Gasteiger partial charge in [0.15, 0.2) is 5.82 Å². The molecule has 11 rings (SSSR count). The van der Waals surface area contributed by atoms with E-state index in [-0.39, 0.29) is 0 Å². The topological polar surface area (TPSA) is 65.0 Å². The number of benzene rings is 7. The molecule has 0 amide bonds. The first-order valence-corrected chi connectivity index (χ1v) is 18.7. The summed E-state index contributed by atoms with van der Waals surface area (Å²) in [4.78, 5) is 14.5. The van der Waals surface area contributed by atoms with E-state index in [9.17, 15) is 0 Å². The molecule has 4 heterocycles. The number of aromatic nitrogens is 3. The zero-order chi connectivity index (χ0) is 37.0. The fourth-order valence-corrected chi connectivity index (χ4v) is 7.91. The van der Waals surface area contributed by atoms with E-state index in [1.54, 1.807) is 6.20 Å². The Morgan fingerprint density at radius 1 is 0.357 bits per heavy atom. The lowest BCUT2D eigenvalue weighted by atomic mass is 9.93. The van der Waals surface area contributed by atoms with Crippen LogP contribution in [0.25, 0.3) is 111 Å². The van der Waals surface area contributed by atoms with Gasteiger partial charge >= 0.3 is 0 Å². The highest BCUT2D eigenvalue weighted by Gasteiger charge is 2.21. The Labute approximate surface area is 322 Å². The zero-order valence-electron chi connectivity index (χ0n) is 30.1. The molecule has 262 valence electrons. The second-order valence-electron chi connectivity index (χ2n) is 14.0. The maximum atomic E-state index is 6.70. The summed E-state index contributed by atoms with van der Waals surface area (Å²) in [5.74, 6) is 0.674. The third-order valence-electron chi connectivity index (χ3n) is 10.6. The van der Waals surface area contributed by atoms with Gasteiger partial charge in [0.25, 0.3) is 0 Å². The van der Waals surface area contributed by atoms with Crippen molar-refractivity contribution in [2.75, 3.05) is 0 Å². The molecule has 0 saturated carbocycles. The van der Waals surface area contributed by atoms with Gasteiger partial charge in [-0.3, -0.25) is 4.98 Å². The van der Waals surface area contributed by atoms with Gasteiger partial charge in [0, 0.05) is 67.3 Å². The van der Waals surface area contributed by atoms with E-state index in [2.05, 4.69) is 132 Å². The highest BCUT2D eigenvalue weighted by Crippen LogP contribution is 2.45. The molecule has 0 radical (unpaired) electrons. The maximum Gasteiger partial charge on any atom is 0.160 e. The molecule has 0 spiro atoms. The summed E-state index contributed by atoms with van der Waals surface area (Å²) in [5, 5.41) is 4.35. The van der Waals surface area contributed by atoms with Crippen molar-refractivity contribution in [3.63, 3.8) is 0 Å². The molecule has 7 aromatic carbocycles. The lowest BCUT2D eigenvalue weighted by Crippen LogP contribution is -1.96. The number of fused-ring (bicyclic) bond motifs is 6. The number of hydrogen-bond donors (Lipinski definition) is 0. The van der Waals surface area contributed by atoms with Gasteiger partial charge in [-0.1, -0.05) is 140 Å². The summed E-state index contributed by atoms with van der Waals surface area (Å²) >= 11 is 0. The summed E-state index contributed by atoms with van der Waals surface area (Å²) in [6.45, 7) is 0. The van der Waals surface area contributed by atoms with Crippen LogP contribution >= 0.6 is 0 Å². The third kappa shape index (κ3) is 5.37. The number of pyridine rings is 1. The number of hydrogen-bond acceptors (Lipinski definition) is 5. The Morgan fingerprint density at radius 3 is 1.80 bits per heavy atom. The lowest BCUT2D eigenvalue weighted by molar-refractivity contribution is 0.669. The van der Waals surface area contributed by atoms with Crippen molar-refractivity contribution in [1.82, 2.24) is 15.0 Å². The first-order chi connectivity index (χ1) is 27.7. The molecule has 0 atom stereocenters. The molecule has 0 saturated heterocycles. The van der Waals surface area contributed by atoms with Crippen LogP contribution in [0.2, 0.25) is 0 Å². The van der Waals surface area contributed by atoms with Crippen molar-refractivity contribution in [3.8, 4) is 67.3 Å². The van der Waals surface area contributed by atoms with Crippen molar-refractivity contribution in [1.29, 1.82) is 0 Å². The SMILES string of the molecule is c1ccc(-c2nc(-c3ccc(-c4ccc(-c5cccc6c5oc5ccccc56)c5c4oc4ccccc45)cc3)cc(-c3cccc(-c4cccnc4)c3)n2)cc1. The van der Waals surface area contributed by atoms with Crippen LogP contribution in [0.1, 0.15) is 0 Å². The molecule has 5 heteroatoms. The van der Waals surface area contributed by atoms with Gasteiger partial charge in [0.2, 0.25) is 0 Å². The molecule has 0 aliphatic rings. The van der Waals surface area contributed by atoms with E-state index in [1.165, 1.54) is 0 Å². The molecule has 0 fully saturated rings. The number of para-hydroxylation sites is 3. The molecular formula is C51H31N3O2. The summed E-state index contributed by atoms with van der Waals surface area (Å²) in [5.41, 5.74) is 14.4. The zero-order valence-corrected chi connectivity index (χ0v) is 30.1.